The van der Waals surface area contributed by atoms with E-state index in [2.05, 4.69) is 5.32 Å². The van der Waals surface area contributed by atoms with Gasteiger partial charge in [0.05, 0.1) is 4.92 Å². The number of carbonyl (C=O) groups excluding carboxylic acids is 4. The summed E-state index contributed by atoms with van der Waals surface area (Å²) in [7, 11) is 0. The number of hydrogen-bond acceptors (Lipinski definition) is 7. The number of nitrogens with one attached hydrogen (secondary N) is 2. The lowest BCUT2D eigenvalue weighted by molar-refractivity contribution is -0.385. The maximum Gasteiger partial charge on any atom is 0.284 e. The van der Waals surface area contributed by atoms with Crippen molar-refractivity contribution < 1.29 is 24.1 Å². The molecule has 1 aromatic carbocycles. The van der Waals surface area contributed by atoms with Gasteiger partial charge in [0.1, 0.15) is 5.56 Å². The number of hydrogen-bond donors (Lipinski definition) is 3. The van der Waals surface area contributed by atoms with E-state index in [1.54, 1.807) is 0 Å². The maximum absolute atomic E-state index is 12.0. The van der Waals surface area contributed by atoms with Gasteiger partial charge in [-0.15, -0.1) is 0 Å². The summed E-state index contributed by atoms with van der Waals surface area (Å²) in [5.41, 5.74) is 1.31. The van der Waals surface area contributed by atoms with Crippen molar-refractivity contribution in [2.24, 2.45) is 5.84 Å². The van der Waals surface area contributed by atoms with Gasteiger partial charge < -0.3 is 5.32 Å². The van der Waals surface area contributed by atoms with E-state index in [-0.39, 0.29) is 35.4 Å². The number of hydrazine groups is 1. The van der Waals surface area contributed by atoms with Gasteiger partial charge in [-0.1, -0.05) is 6.42 Å². The van der Waals surface area contributed by atoms with E-state index in [9.17, 15) is 29.3 Å². The number of nitro groups is 1. The molecule has 4 N–H and O–H groups in total. The first-order valence-corrected chi connectivity index (χ1v) is 8.46. The Bertz CT molecular complexity index is 832. The Kier molecular flexibility index (Phi) is 6.93. The number of nitro benzene ring substituents is 1. The van der Waals surface area contributed by atoms with Gasteiger partial charge in [-0.2, -0.15) is 0 Å². The molecule has 0 aromatic heterocycles. The van der Waals surface area contributed by atoms with Crippen LogP contribution in [0, 0.1) is 10.1 Å². The Hall–Kier alpha value is -3.60. The van der Waals surface area contributed by atoms with Crippen molar-refractivity contribution >= 4 is 35.0 Å². The predicted octanol–water partition coefficient (Wildman–Crippen LogP) is 0.622. The molecule has 0 bridgehead atoms. The van der Waals surface area contributed by atoms with Crippen molar-refractivity contribution in [1.82, 2.24) is 10.3 Å². The second-order valence-corrected chi connectivity index (χ2v) is 5.98. The molecule has 0 spiro atoms. The fraction of sp³-hybridized carbons (Fsp3) is 0.294. The zero-order chi connectivity index (χ0) is 20.7. The minimum atomic E-state index is -0.810. The number of rotatable bonds is 9. The van der Waals surface area contributed by atoms with Crippen LogP contribution in [0.3, 0.4) is 0 Å². The molecule has 1 aliphatic heterocycles. The molecule has 0 saturated heterocycles. The number of benzene rings is 1. The highest BCUT2D eigenvalue weighted by Gasteiger charge is 2.22. The van der Waals surface area contributed by atoms with Crippen LogP contribution in [0.25, 0.3) is 0 Å². The average Bonchev–Trinajstić information content (AvgIpc) is 2.98. The van der Waals surface area contributed by atoms with Crippen LogP contribution in [-0.2, 0) is 14.4 Å². The standard InChI is InChI=1S/C17H19N5O6/c18-20-17(26)12-6-5-11(10-13(12)22(27)28)19-14(23)4-2-1-3-9-21-15(24)7-8-16(21)25/h5-8,10H,1-4,9,18H2,(H,19,23)(H,20,26). The first-order chi connectivity index (χ1) is 13.3. The number of unbranched alkanes of at least 4 members (excludes halogenated alkanes) is 2. The maximum atomic E-state index is 12.0. The SMILES string of the molecule is NNC(=O)c1ccc(NC(=O)CCCCCN2C(=O)C=CC2=O)cc1[N+](=O)[O-]. The summed E-state index contributed by atoms with van der Waals surface area (Å²) in [4.78, 5) is 57.8. The Morgan fingerprint density at radius 2 is 1.79 bits per heavy atom. The zero-order valence-corrected chi connectivity index (χ0v) is 14.8. The van der Waals surface area contributed by atoms with Crippen molar-refractivity contribution in [3.63, 3.8) is 0 Å². The first kappa shape index (κ1) is 20.7. The number of nitrogens with two attached hydrogens (primary N) is 1. The highest BCUT2D eigenvalue weighted by Crippen LogP contribution is 2.23. The molecule has 0 unspecified atom stereocenters. The molecule has 1 aromatic rings. The van der Waals surface area contributed by atoms with E-state index >= 15 is 0 Å². The van der Waals surface area contributed by atoms with Gasteiger partial charge in [0.2, 0.25) is 5.91 Å². The quantitative estimate of drug-likeness (QED) is 0.139. The van der Waals surface area contributed by atoms with Crippen LogP contribution in [0.4, 0.5) is 11.4 Å². The van der Waals surface area contributed by atoms with Crippen LogP contribution in [0.15, 0.2) is 30.4 Å². The van der Waals surface area contributed by atoms with Crippen LogP contribution >= 0.6 is 0 Å². The Morgan fingerprint density at radius 3 is 2.39 bits per heavy atom. The highest BCUT2D eigenvalue weighted by atomic mass is 16.6. The Labute approximate surface area is 159 Å². The number of carbonyl (C=O) groups is 4. The van der Waals surface area contributed by atoms with Crippen molar-refractivity contribution in [3.8, 4) is 0 Å². The lowest BCUT2D eigenvalue weighted by atomic mass is 10.1. The number of nitrogens with zero attached hydrogens (tertiary/aromatic N) is 2. The van der Waals surface area contributed by atoms with Gasteiger partial charge in [-0.25, -0.2) is 5.84 Å². The Morgan fingerprint density at radius 1 is 1.11 bits per heavy atom. The van der Waals surface area contributed by atoms with Crippen LogP contribution < -0.4 is 16.6 Å². The smallest absolute Gasteiger partial charge is 0.284 e. The molecule has 4 amide bonds. The molecule has 0 fully saturated rings. The monoisotopic (exact) mass is 389 g/mol. The summed E-state index contributed by atoms with van der Waals surface area (Å²) in [5, 5.41) is 13.6. The lowest BCUT2D eigenvalue weighted by Crippen LogP contribution is -2.30. The largest absolute Gasteiger partial charge is 0.326 e. The molecule has 11 nitrogen and oxygen atoms in total. The zero-order valence-electron chi connectivity index (χ0n) is 14.8. The average molecular weight is 389 g/mol. The van der Waals surface area contributed by atoms with E-state index in [0.717, 1.165) is 11.0 Å². The van der Waals surface area contributed by atoms with Crippen molar-refractivity contribution in [1.29, 1.82) is 0 Å². The second-order valence-electron chi connectivity index (χ2n) is 5.98. The van der Waals surface area contributed by atoms with Gasteiger partial charge in [0.25, 0.3) is 23.4 Å². The van der Waals surface area contributed by atoms with Crippen molar-refractivity contribution in [2.45, 2.75) is 25.7 Å². The summed E-state index contributed by atoms with van der Waals surface area (Å²) in [6.45, 7) is 0.295. The minimum absolute atomic E-state index is 0.166. The van der Waals surface area contributed by atoms with E-state index in [4.69, 9.17) is 5.84 Å². The molecule has 2 rings (SSSR count). The molecule has 28 heavy (non-hydrogen) atoms. The second kappa shape index (κ2) is 9.37. The van der Waals surface area contributed by atoms with E-state index in [1.165, 1.54) is 24.3 Å². The van der Waals surface area contributed by atoms with Crippen molar-refractivity contribution in [2.75, 3.05) is 11.9 Å². The van der Waals surface area contributed by atoms with Crippen LogP contribution in [-0.4, -0.2) is 40.0 Å². The first-order valence-electron chi connectivity index (χ1n) is 8.46. The number of imide groups is 1. The number of nitrogen functional groups attached to an aromatic ring is 1. The number of amides is 4. The molecular weight excluding hydrogens is 370 g/mol. The fourth-order valence-electron chi connectivity index (χ4n) is 2.64. The van der Waals surface area contributed by atoms with Gasteiger partial charge >= 0.3 is 0 Å². The predicted molar refractivity (Wildman–Crippen MR) is 97.7 cm³/mol. The molecule has 1 heterocycles. The lowest BCUT2D eigenvalue weighted by Gasteiger charge is -2.13. The number of anilines is 1. The molecule has 0 atom stereocenters. The third-order valence-corrected chi connectivity index (χ3v) is 4.04. The summed E-state index contributed by atoms with van der Waals surface area (Å²) < 4.78 is 0. The van der Waals surface area contributed by atoms with Crippen LogP contribution in [0.2, 0.25) is 0 Å². The fourth-order valence-corrected chi connectivity index (χ4v) is 2.64. The molecule has 148 valence electrons. The minimum Gasteiger partial charge on any atom is -0.326 e. The topological polar surface area (TPSA) is 165 Å². The normalized spacial score (nSPS) is 13.0. The molecule has 0 aliphatic carbocycles. The van der Waals surface area contributed by atoms with Gasteiger partial charge in [-0.3, -0.25) is 39.6 Å². The molecule has 0 radical (unpaired) electrons. The van der Waals surface area contributed by atoms with Gasteiger partial charge in [-0.05, 0) is 25.0 Å². The van der Waals surface area contributed by atoms with Crippen LogP contribution in [0.1, 0.15) is 36.0 Å². The molecule has 1 aliphatic rings. The van der Waals surface area contributed by atoms with Gasteiger partial charge in [0, 0.05) is 36.9 Å². The summed E-state index contributed by atoms with van der Waals surface area (Å²) >= 11 is 0. The van der Waals surface area contributed by atoms with E-state index < -0.39 is 16.5 Å². The van der Waals surface area contributed by atoms with E-state index in [1.807, 2.05) is 5.43 Å². The molecule has 11 heteroatoms. The third-order valence-electron chi connectivity index (χ3n) is 4.04. The van der Waals surface area contributed by atoms with Crippen molar-refractivity contribution in [3.05, 3.63) is 46.0 Å². The summed E-state index contributed by atoms with van der Waals surface area (Å²) in [6, 6.07) is 3.65. The third kappa shape index (κ3) is 5.20. The van der Waals surface area contributed by atoms with Crippen LogP contribution in [0.5, 0.6) is 0 Å². The summed E-state index contributed by atoms with van der Waals surface area (Å²) in [5.74, 6) is 3.16. The highest BCUT2D eigenvalue weighted by molar-refractivity contribution is 6.12. The molecule has 0 saturated carbocycles. The molecular formula is C17H19N5O6. The van der Waals surface area contributed by atoms with E-state index in [0.29, 0.717) is 25.8 Å². The Balaban J connectivity index is 1.80. The summed E-state index contributed by atoms with van der Waals surface area (Å²) in [6.07, 6.45) is 4.32. The van der Waals surface area contributed by atoms with Gasteiger partial charge in [0.15, 0.2) is 0 Å².